The topological polar surface area (TPSA) is 72.9 Å². The fourth-order valence-electron chi connectivity index (χ4n) is 3.04. The molecule has 1 fully saturated rings. The summed E-state index contributed by atoms with van der Waals surface area (Å²) in [4.78, 5) is 27.3. The molecule has 0 bridgehead atoms. The number of hydrogen-bond acceptors (Lipinski definition) is 4. The first-order valence-corrected chi connectivity index (χ1v) is 8.88. The third-order valence-electron chi connectivity index (χ3n) is 4.53. The zero-order chi connectivity index (χ0) is 17.7. The van der Waals surface area contributed by atoms with E-state index in [1.807, 2.05) is 43.1 Å². The number of carboxylic acids is 1. The van der Waals surface area contributed by atoms with Crippen LogP contribution >= 0.6 is 28.3 Å². The van der Waals surface area contributed by atoms with Crippen LogP contribution < -0.4 is 5.32 Å². The highest BCUT2D eigenvalue weighted by Crippen LogP contribution is 2.19. The first kappa shape index (κ1) is 21.9. The van der Waals surface area contributed by atoms with Gasteiger partial charge in [-0.05, 0) is 45.0 Å². The van der Waals surface area contributed by atoms with Crippen molar-refractivity contribution in [2.24, 2.45) is 0 Å². The quantitative estimate of drug-likeness (QED) is 0.720. The number of carboxylic acid groups (broad SMARTS) is 1. The van der Waals surface area contributed by atoms with Crippen molar-refractivity contribution in [3.63, 3.8) is 0 Å². The van der Waals surface area contributed by atoms with Crippen LogP contribution in [0.3, 0.4) is 0 Å². The maximum Gasteiger partial charge on any atom is 0.317 e. The average molecular weight is 435 g/mol. The number of amides is 1. The number of halogens is 2. The van der Waals surface area contributed by atoms with Gasteiger partial charge in [-0.1, -0.05) is 22.0 Å². The summed E-state index contributed by atoms with van der Waals surface area (Å²) >= 11 is 3.39. The summed E-state index contributed by atoms with van der Waals surface area (Å²) in [6.07, 6.45) is 1.75. The molecule has 1 atom stereocenters. The molecule has 1 aromatic rings. The second kappa shape index (κ2) is 10.1. The van der Waals surface area contributed by atoms with Crippen LogP contribution in [-0.4, -0.2) is 65.5 Å². The summed E-state index contributed by atoms with van der Waals surface area (Å²) in [6.45, 7) is 3.56. The molecule has 1 aromatic carbocycles. The van der Waals surface area contributed by atoms with Crippen molar-refractivity contribution >= 4 is 45.9 Å². The first-order chi connectivity index (χ1) is 11.4. The minimum atomic E-state index is -0.804. The van der Waals surface area contributed by atoms with Crippen molar-refractivity contribution in [2.45, 2.75) is 31.8 Å². The van der Waals surface area contributed by atoms with Gasteiger partial charge < -0.3 is 10.4 Å². The van der Waals surface area contributed by atoms with Gasteiger partial charge >= 0.3 is 5.97 Å². The standard InChI is InChI=1S/C17H24BrN3O3.ClH/c1-12(17(24)19-14-5-3-4-13(18)10-14)21-8-6-15(7-9-21)20(2)11-16(22)23;/h3-5,10,12,15H,6-9,11H2,1-2H3,(H,19,24)(H,22,23);1H. The zero-order valence-corrected chi connectivity index (χ0v) is 16.8. The normalized spacial score (nSPS) is 17.0. The van der Waals surface area contributed by atoms with Crippen LogP contribution in [0.15, 0.2) is 28.7 Å². The van der Waals surface area contributed by atoms with Crippen LogP contribution in [-0.2, 0) is 9.59 Å². The van der Waals surface area contributed by atoms with Gasteiger partial charge in [0, 0.05) is 29.3 Å². The maximum atomic E-state index is 12.4. The molecule has 8 heteroatoms. The Hall–Kier alpha value is -1.15. The summed E-state index contributed by atoms with van der Waals surface area (Å²) in [6, 6.07) is 7.58. The van der Waals surface area contributed by atoms with E-state index in [1.165, 1.54) is 0 Å². The Bertz CT molecular complexity index is 594. The van der Waals surface area contributed by atoms with E-state index in [9.17, 15) is 9.59 Å². The van der Waals surface area contributed by atoms with Gasteiger partial charge in [-0.15, -0.1) is 12.4 Å². The van der Waals surface area contributed by atoms with Crippen molar-refractivity contribution < 1.29 is 14.7 Å². The molecule has 0 spiro atoms. The summed E-state index contributed by atoms with van der Waals surface area (Å²) in [5, 5.41) is 11.8. The molecule has 2 rings (SSSR count). The van der Waals surface area contributed by atoms with Gasteiger partial charge in [0.25, 0.3) is 0 Å². The second-order valence-electron chi connectivity index (χ2n) is 6.25. The Morgan fingerprint density at radius 3 is 2.60 bits per heavy atom. The van der Waals surface area contributed by atoms with Crippen LogP contribution in [0, 0.1) is 0 Å². The van der Waals surface area contributed by atoms with Crippen molar-refractivity contribution in [3.8, 4) is 0 Å². The summed E-state index contributed by atoms with van der Waals surface area (Å²) in [5.41, 5.74) is 0.775. The van der Waals surface area contributed by atoms with Crippen molar-refractivity contribution in [3.05, 3.63) is 28.7 Å². The van der Waals surface area contributed by atoms with E-state index < -0.39 is 5.97 Å². The summed E-state index contributed by atoms with van der Waals surface area (Å²) in [5.74, 6) is -0.827. The van der Waals surface area contributed by atoms with Gasteiger partial charge in [-0.25, -0.2) is 0 Å². The number of likely N-dealkylation sites (tertiary alicyclic amines) is 1. The van der Waals surface area contributed by atoms with Gasteiger partial charge in [0.2, 0.25) is 5.91 Å². The van der Waals surface area contributed by atoms with Gasteiger partial charge in [0.05, 0.1) is 12.6 Å². The molecule has 1 saturated heterocycles. The third kappa shape index (κ3) is 6.58. The number of nitrogens with one attached hydrogen (secondary N) is 1. The van der Waals surface area contributed by atoms with Gasteiger partial charge in [0.1, 0.15) is 0 Å². The molecule has 1 amide bonds. The average Bonchev–Trinajstić information content (AvgIpc) is 2.53. The molecule has 6 nitrogen and oxygen atoms in total. The maximum absolute atomic E-state index is 12.4. The first-order valence-electron chi connectivity index (χ1n) is 8.09. The van der Waals surface area contributed by atoms with Crippen LogP contribution in [0.1, 0.15) is 19.8 Å². The molecule has 2 N–H and O–H groups in total. The van der Waals surface area contributed by atoms with E-state index in [-0.39, 0.29) is 36.9 Å². The van der Waals surface area contributed by atoms with Crippen molar-refractivity contribution in [1.29, 1.82) is 0 Å². The molecule has 1 unspecified atom stereocenters. The monoisotopic (exact) mass is 433 g/mol. The molecule has 0 radical (unpaired) electrons. The SMILES string of the molecule is CC(C(=O)Nc1cccc(Br)c1)N1CCC(N(C)CC(=O)O)CC1.Cl. The number of anilines is 1. The third-order valence-corrected chi connectivity index (χ3v) is 5.02. The fourth-order valence-corrected chi connectivity index (χ4v) is 3.43. The lowest BCUT2D eigenvalue weighted by Gasteiger charge is -2.38. The van der Waals surface area contributed by atoms with Crippen LogP contribution in [0.5, 0.6) is 0 Å². The minimum absolute atomic E-state index is 0. The Morgan fingerprint density at radius 1 is 1.40 bits per heavy atom. The molecule has 1 heterocycles. The lowest BCUT2D eigenvalue weighted by atomic mass is 10.0. The molecular formula is C17H25BrClN3O3. The molecule has 25 heavy (non-hydrogen) atoms. The lowest BCUT2D eigenvalue weighted by Crippen LogP contribution is -2.50. The lowest BCUT2D eigenvalue weighted by molar-refractivity contribution is -0.138. The predicted molar refractivity (Wildman–Crippen MR) is 104 cm³/mol. The number of benzene rings is 1. The van der Waals surface area contributed by atoms with Crippen LogP contribution in [0.4, 0.5) is 5.69 Å². The van der Waals surface area contributed by atoms with Crippen molar-refractivity contribution in [1.82, 2.24) is 9.80 Å². The van der Waals surface area contributed by atoms with Gasteiger partial charge in [0.15, 0.2) is 0 Å². The number of hydrogen-bond donors (Lipinski definition) is 2. The highest BCUT2D eigenvalue weighted by Gasteiger charge is 2.28. The van der Waals surface area contributed by atoms with E-state index in [2.05, 4.69) is 26.1 Å². The Kier molecular flexibility index (Phi) is 8.85. The number of rotatable bonds is 6. The molecule has 140 valence electrons. The van der Waals surface area contributed by atoms with Crippen LogP contribution in [0.25, 0.3) is 0 Å². The van der Waals surface area contributed by atoms with E-state index in [0.717, 1.165) is 36.1 Å². The molecule has 1 aliphatic heterocycles. The van der Waals surface area contributed by atoms with E-state index in [0.29, 0.717) is 0 Å². The largest absolute Gasteiger partial charge is 0.480 e. The molecular weight excluding hydrogens is 410 g/mol. The molecule has 0 saturated carbocycles. The highest BCUT2D eigenvalue weighted by molar-refractivity contribution is 9.10. The van der Waals surface area contributed by atoms with E-state index >= 15 is 0 Å². The van der Waals surface area contributed by atoms with Crippen LogP contribution in [0.2, 0.25) is 0 Å². The number of nitrogens with zero attached hydrogens (tertiary/aromatic N) is 2. The number of likely N-dealkylation sites (N-methyl/N-ethyl adjacent to an activating group) is 1. The molecule has 1 aliphatic rings. The number of aliphatic carboxylic acids is 1. The fraction of sp³-hybridized carbons (Fsp3) is 0.529. The second-order valence-corrected chi connectivity index (χ2v) is 7.17. The summed E-state index contributed by atoms with van der Waals surface area (Å²) < 4.78 is 0.926. The Balaban J connectivity index is 0.00000312. The minimum Gasteiger partial charge on any atom is -0.480 e. The smallest absolute Gasteiger partial charge is 0.317 e. The number of carbonyl (C=O) groups excluding carboxylic acids is 1. The molecule has 0 aromatic heterocycles. The zero-order valence-electron chi connectivity index (χ0n) is 14.4. The van der Waals surface area contributed by atoms with Gasteiger partial charge in [-0.2, -0.15) is 0 Å². The van der Waals surface area contributed by atoms with E-state index in [1.54, 1.807) is 0 Å². The predicted octanol–water partition coefficient (Wildman–Crippen LogP) is 2.68. The van der Waals surface area contributed by atoms with E-state index in [4.69, 9.17) is 5.11 Å². The Labute approximate surface area is 163 Å². The summed E-state index contributed by atoms with van der Waals surface area (Å²) in [7, 11) is 1.85. The number of carbonyl (C=O) groups is 2. The number of piperidine rings is 1. The highest BCUT2D eigenvalue weighted by atomic mass is 79.9. The van der Waals surface area contributed by atoms with Crippen molar-refractivity contribution in [2.75, 3.05) is 32.0 Å². The molecule has 0 aliphatic carbocycles. The van der Waals surface area contributed by atoms with Gasteiger partial charge in [-0.3, -0.25) is 19.4 Å². The Morgan fingerprint density at radius 2 is 2.04 bits per heavy atom.